The van der Waals surface area contributed by atoms with E-state index in [0.717, 1.165) is 24.2 Å². The topological polar surface area (TPSA) is 113 Å². The van der Waals surface area contributed by atoms with E-state index < -0.39 is 17.8 Å². The van der Waals surface area contributed by atoms with Gasteiger partial charge in [0.15, 0.2) is 5.82 Å². The normalized spacial score (nSPS) is 17.5. The molecule has 2 aliphatic rings. The highest BCUT2D eigenvalue weighted by Gasteiger charge is 2.28. The molecule has 0 spiro atoms. The van der Waals surface area contributed by atoms with E-state index in [1.54, 1.807) is 23.1 Å². The largest absolute Gasteiger partial charge is 0.383 e. The molecule has 2 aliphatic heterocycles. The van der Waals surface area contributed by atoms with E-state index in [-0.39, 0.29) is 35.8 Å². The molecule has 37 heavy (non-hydrogen) atoms. The average molecular weight is 507 g/mol. The van der Waals surface area contributed by atoms with Crippen LogP contribution in [0.5, 0.6) is 0 Å². The third-order valence-electron chi connectivity index (χ3n) is 7.05. The summed E-state index contributed by atoms with van der Waals surface area (Å²) in [5, 5.41) is 21.5. The van der Waals surface area contributed by atoms with Gasteiger partial charge in [-0.2, -0.15) is 0 Å². The molecule has 194 valence electrons. The maximum atomic E-state index is 14.9. The first-order valence-corrected chi connectivity index (χ1v) is 12.7. The van der Waals surface area contributed by atoms with Crippen LogP contribution in [0.1, 0.15) is 67.0 Å². The van der Waals surface area contributed by atoms with Gasteiger partial charge in [-0.05, 0) is 67.5 Å². The number of hydrogen-bond donors (Lipinski definition) is 2. The summed E-state index contributed by atoms with van der Waals surface area (Å²) in [5.41, 5.74) is 1.90. The van der Waals surface area contributed by atoms with E-state index in [9.17, 15) is 19.1 Å². The van der Waals surface area contributed by atoms with Gasteiger partial charge in [0.1, 0.15) is 29.3 Å². The van der Waals surface area contributed by atoms with Gasteiger partial charge in [0.2, 0.25) is 0 Å². The van der Waals surface area contributed by atoms with Crippen molar-refractivity contribution < 1.29 is 19.1 Å². The van der Waals surface area contributed by atoms with Crippen molar-refractivity contribution in [2.24, 2.45) is 5.92 Å². The minimum Gasteiger partial charge on any atom is -0.383 e. The van der Waals surface area contributed by atoms with Crippen LogP contribution in [-0.4, -0.2) is 54.2 Å². The second-order valence-corrected chi connectivity index (χ2v) is 10.3. The lowest BCUT2D eigenvalue weighted by molar-refractivity contribution is -0.141. The van der Waals surface area contributed by atoms with Crippen LogP contribution in [0.25, 0.3) is 11.5 Å². The molecule has 0 bridgehead atoms. The SMILES string of the molecule is CC(C)C[C@H](O)C(=O)N1CCc2cc(F)c(C(=O)Nc3cccc(-c4nnc5n4[C@H](C)CC5)n3)cc2C1. The number of fused-ring (bicyclic) bond motifs is 2. The molecule has 0 saturated heterocycles. The second-order valence-electron chi connectivity index (χ2n) is 10.3. The molecule has 1 aromatic carbocycles. The summed E-state index contributed by atoms with van der Waals surface area (Å²) in [6, 6.07) is 8.32. The van der Waals surface area contributed by atoms with E-state index in [2.05, 4.69) is 32.0 Å². The minimum absolute atomic E-state index is 0.125. The molecule has 2 aromatic heterocycles. The van der Waals surface area contributed by atoms with Crippen molar-refractivity contribution in [2.75, 3.05) is 11.9 Å². The number of carbonyl (C=O) groups excluding carboxylic acids is 2. The predicted molar refractivity (Wildman–Crippen MR) is 135 cm³/mol. The van der Waals surface area contributed by atoms with Gasteiger partial charge in [-0.25, -0.2) is 9.37 Å². The molecule has 9 nitrogen and oxygen atoms in total. The van der Waals surface area contributed by atoms with Gasteiger partial charge in [0.25, 0.3) is 11.8 Å². The third kappa shape index (κ3) is 4.98. The highest BCUT2D eigenvalue weighted by molar-refractivity contribution is 6.04. The van der Waals surface area contributed by atoms with Gasteiger partial charge < -0.3 is 19.9 Å². The number of pyridine rings is 1. The molecule has 10 heteroatoms. The van der Waals surface area contributed by atoms with E-state index in [1.807, 2.05) is 13.8 Å². The van der Waals surface area contributed by atoms with Crippen molar-refractivity contribution in [3.63, 3.8) is 0 Å². The summed E-state index contributed by atoms with van der Waals surface area (Å²) in [6.45, 7) is 6.60. The third-order valence-corrected chi connectivity index (χ3v) is 7.05. The van der Waals surface area contributed by atoms with Crippen molar-refractivity contribution in [3.05, 3.63) is 58.7 Å². The molecule has 0 unspecified atom stereocenters. The lowest BCUT2D eigenvalue weighted by Gasteiger charge is -2.31. The van der Waals surface area contributed by atoms with E-state index >= 15 is 0 Å². The Labute approximate surface area is 214 Å². The molecular weight excluding hydrogens is 475 g/mol. The smallest absolute Gasteiger partial charge is 0.259 e. The monoisotopic (exact) mass is 506 g/mol. The number of halogens is 1. The zero-order chi connectivity index (χ0) is 26.3. The summed E-state index contributed by atoms with van der Waals surface area (Å²) in [5.74, 6) is 0.409. The van der Waals surface area contributed by atoms with Crippen molar-refractivity contribution in [1.82, 2.24) is 24.6 Å². The summed E-state index contributed by atoms with van der Waals surface area (Å²) in [4.78, 5) is 31.8. The number of carbonyl (C=O) groups is 2. The highest BCUT2D eigenvalue weighted by Crippen LogP contribution is 2.30. The first-order valence-electron chi connectivity index (χ1n) is 12.7. The van der Waals surface area contributed by atoms with E-state index in [1.165, 1.54) is 12.1 Å². The molecular formula is C27H31FN6O3. The van der Waals surface area contributed by atoms with Crippen LogP contribution in [0.4, 0.5) is 10.2 Å². The number of aliphatic hydroxyl groups excluding tert-OH is 1. The molecule has 0 radical (unpaired) electrons. The first-order chi connectivity index (χ1) is 17.7. The van der Waals surface area contributed by atoms with Crippen LogP contribution in [0.2, 0.25) is 0 Å². The number of aliphatic hydroxyl groups is 1. The van der Waals surface area contributed by atoms with Crippen molar-refractivity contribution in [1.29, 1.82) is 0 Å². The maximum Gasteiger partial charge on any atom is 0.259 e. The number of benzene rings is 1. The number of nitrogens with zero attached hydrogens (tertiary/aromatic N) is 5. The number of aryl methyl sites for hydroxylation is 1. The fourth-order valence-corrected chi connectivity index (χ4v) is 5.11. The quantitative estimate of drug-likeness (QED) is 0.529. The molecule has 0 fully saturated rings. The summed E-state index contributed by atoms with van der Waals surface area (Å²) in [7, 11) is 0. The molecule has 2 atom stereocenters. The molecule has 4 heterocycles. The number of nitrogens with one attached hydrogen (secondary N) is 1. The molecule has 0 aliphatic carbocycles. The van der Waals surface area contributed by atoms with Crippen LogP contribution in [0.3, 0.4) is 0 Å². The standard InChI is InChI=1S/C27H31FN6O3/c1-15(2)11-22(35)27(37)33-10-9-17-13-20(28)19(12-18(17)14-33)26(36)30-23-6-4-5-21(29-23)25-32-31-24-8-7-16(3)34(24)25/h4-6,12-13,15-16,22,35H,7-11,14H2,1-3H3,(H,29,30,36)/t16-,22+/m1/s1. The Kier molecular flexibility index (Phi) is 6.76. The van der Waals surface area contributed by atoms with Crippen LogP contribution in [0, 0.1) is 11.7 Å². The number of amides is 2. The van der Waals surface area contributed by atoms with Crippen molar-refractivity contribution in [2.45, 2.75) is 65.1 Å². The van der Waals surface area contributed by atoms with Gasteiger partial charge in [0, 0.05) is 25.6 Å². The highest BCUT2D eigenvalue weighted by atomic mass is 19.1. The molecule has 2 amide bonds. The van der Waals surface area contributed by atoms with Gasteiger partial charge in [0.05, 0.1) is 5.56 Å². The van der Waals surface area contributed by atoms with Crippen molar-refractivity contribution >= 4 is 17.6 Å². The minimum atomic E-state index is -1.07. The lowest BCUT2D eigenvalue weighted by atomic mass is 9.95. The summed E-state index contributed by atoms with van der Waals surface area (Å²) in [6.07, 6.45) is 1.62. The Bertz CT molecular complexity index is 1350. The van der Waals surface area contributed by atoms with E-state index in [4.69, 9.17) is 0 Å². The number of rotatable bonds is 6. The second kappa shape index (κ2) is 10.0. The van der Waals surface area contributed by atoms with Gasteiger partial charge in [-0.15, -0.1) is 10.2 Å². The predicted octanol–water partition coefficient (Wildman–Crippen LogP) is 3.53. The summed E-state index contributed by atoms with van der Waals surface area (Å²) >= 11 is 0. The van der Waals surface area contributed by atoms with Gasteiger partial charge in [-0.1, -0.05) is 19.9 Å². The fourth-order valence-electron chi connectivity index (χ4n) is 5.11. The van der Waals surface area contributed by atoms with Crippen LogP contribution in [-0.2, 0) is 24.2 Å². The fraction of sp³-hybridized carbons (Fsp3) is 0.444. The first kappa shape index (κ1) is 25.0. The molecule has 0 saturated carbocycles. The Morgan fingerprint density at radius 3 is 2.78 bits per heavy atom. The maximum absolute atomic E-state index is 14.9. The molecule has 3 aromatic rings. The number of aromatic nitrogens is 4. The summed E-state index contributed by atoms with van der Waals surface area (Å²) < 4.78 is 17.0. The lowest BCUT2D eigenvalue weighted by Crippen LogP contribution is -2.42. The molecule has 5 rings (SSSR count). The zero-order valence-corrected chi connectivity index (χ0v) is 21.2. The van der Waals surface area contributed by atoms with Crippen LogP contribution in [0.15, 0.2) is 30.3 Å². The number of hydrogen-bond acceptors (Lipinski definition) is 6. The Balaban J connectivity index is 1.34. The van der Waals surface area contributed by atoms with Gasteiger partial charge in [-0.3, -0.25) is 9.59 Å². The van der Waals surface area contributed by atoms with Gasteiger partial charge >= 0.3 is 0 Å². The van der Waals surface area contributed by atoms with Crippen molar-refractivity contribution in [3.8, 4) is 11.5 Å². The van der Waals surface area contributed by atoms with Crippen LogP contribution < -0.4 is 5.32 Å². The Morgan fingerprint density at radius 1 is 1.19 bits per heavy atom. The number of anilines is 1. The Hall–Kier alpha value is -3.66. The Morgan fingerprint density at radius 2 is 2.00 bits per heavy atom. The van der Waals surface area contributed by atoms with E-state index in [0.29, 0.717) is 36.5 Å². The zero-order valence-electron chi connectivity index (χ0n) is 21.2. The average Bonchev–Trinajstić information content (AvgIpc) is 3.45. The van der Waals surface area contributed by atoms with Crippen LogP contribution >= 0.6 is 0 Å². The molecule has 2 N–H and O–H groups in total.